The molecule has 2 aromatic rings. The molecule has 0 amide bonds. The second-order valence-corrected chi connectivity index (χ2v) is 4.42. The first-order valence-corrected chi connectivity index (χ1v) is 6.41. The summed E-state index contributed by atoms with van der Waals surface area (Å²) in [5, 5.41) is 4.68. The van der Waals surface area contributed by atoms with Gasteiger partial charge in [-0.25, -0.2) is 0 Å². The van der Waals surface area contributed by atoms with Gasteiger partial charge in [0.2, 0.25) is 11.7 Å². The molecule has 0 saturated carbocycles. The van der Waals surface area contributed by atoms with Gasteiger partial charge in [-0.15, -0.1) is 0 Å². The number of hydrogen-bond donors (Lipinski definition) is 0. The number of hydrogen-bond acceptors (Lipinski definition) is 4. The predicted molar refractivity (Wildman–Crippen MR) is 71.4 cm³/mol. The van der Waals surface area contributed by atoms with Gasteiger partial charge in [-0.1, -0.05) is 30.6 Å². The summed E-state index contributed by atoms with van der Waals surface area (Å²) in [4.78, 5) is 6.60. The van der Waals surface area contributed by atoms with Gasteiger partial charge in [0.05, 0.1) is 6.54 Å². The first-order valence-electron chi connectivity index (χ1n) is 6.03. The Labute approximate surface area is 112 Å². The van der Waals surface area contributed by atoms with Crippen molar-refractivity contribution in [1.82, 2.24) is 15.0 Å². The topological polar surface area (TPSA) is 42.2 Å². The molecule has 0 unspecified atom stereocenters. The minimum atomic E-state index is 0.605. The van der Waals surface area contributed by atoms with E-state index in [1.54, 1.807) is 0 Å². The van der Waals surface area contributed by atoms with E-state index in [0.29, 0.717) is 23.3 Å². The van der Waals surface area contributed by atoms with Crippen molar-refractivity contribution in [2.75, 3.05) is 13.1 Å². The zero-order valence-corrected chi connectivity index (χ0v) is 11.3. The third-order valence-electron chi connectivity index (χ3n) is 2.82. The molecule has 18 heavy (non-hydrogen) atoms. The van der Waals surface area contributed by atoms with Crippen molar-refractivity contribution in [3.8, 4) is 11.4 Å². The van der Waals surface area contributed by atoms with Gasteiger partial charge >= 0.3 is 0 Å². The lowest BCUT2D eigenvalue weighted by molar-refractivity contribution is 0.246. The van der Waals surface area contributed by atoms with Crippen LogP contribution in [0.25, 0.3) is 11.4 Å². The van der Waals surface area contributed by atoms with Crippen molar-refractivity contribution in [3.05, 3.63) is 35.2 Å². The second kappa shape index (κ2) is 5.98. The molecule has 1 aromatic carbocycles. The highest BCUT2D eigenvalue weighted by molar-refractivity contribution is 6.30. The second-order valence-electron chi connectivity index (χ2n) is 3.98. The molecule has 0 aliphatic heterocycles. The van der Waals surface area contributed by atoms with Crippen molar-refractivity contribution in [2.45, 2.75) is 20.4 Å². The third-order valence-corrected chi connectivity index (χ3v) is 3.08. The fourth-order valence-corrected chi connectivity index (χ4v) is 1.80. The Morgan fingerprint density at radius 3 is 2.44 bits per heavy atom. The highest BCUT2D eigenvalue weighted by Crippen LogP contribution is 2.18. The molecule has 0 N–H and O–H groups in total. The molecular weight excluding hydrogens is 250 g/mol. The Bertz CT molecular complexity index is 491. The molecule has 0 spiro atoms. The summed E-state index contributed by atoms with van der Waals surface area (Å²) in [6, 6.07) is 7.40. The lowest BCUT2D eigenvalue weighted by Crippen LogP contribution is -2.22. The van der Waals surface area contributed by atoms with Gasteiger partial charge in [-0.05, 0) is 37.4 Å². The molecule has 2 rings (SSSR count). The average molecular weight is 266 g/mol. The van der Waals surface area contributed by atoms with Gasteiger partial charge in [0, 0.05) is 10.6 Å². The maximum absolute atomic E-state index is 5.84. The molecule has 1 aromatic heterocycles. The zero-order valence-electron chi connectivity index (χ0n) is 10.6. The van der Waals surface area contributed by atoms with E-state index in [0.717, 1.165) is 18.7 Å². The summed E-state index contributed by atoms with van der Waals surface area (Å²) in [6.45, 7) is 6.85. The van der Waals surface area contributed by atoms with Gasteiger partial charge < -0.3 is 4.52 Å². The zero-order chi connectivity index (χ0) is 13.0. The van der Waals surface area contributed by atoms with Gasteiger partial charge in [-0.2, -0.15) is 4.98 Å². The van der Waals surface area contributed by atoms with Crippen LogP contribution in [0.5, 0.6) is 0 Å². The molecular formula is C13H16ClN3O. The van der Waals surface area contributed by atoms with E-state index in [4.69, 9.17) is 16.1 Å². The van der Waals surface area contributed by atoms with Gasteiger partial charge in [0.25, 0.3) is 0 Å². The summed E-state index contributed by atoms with van der Waals surface area (Å²) < 4.78 is 5.25. The Morgan fingerprint density at radius 1 is 1.17 bits per heavy atom. The molecule has 0 radical (unpaired) electrons. The maximum Gasteiger partial charge on any atom is 0.241 e. The lowest BCUT2D eigenvalue weighted by atomic mass is 10.2. The fourth-order valence-electron chi connectivity index (χ4n) is 1.67. The summed E-state index contributed by atoms with van der Waals surface area (Å²) in [6.07, 6.45) is 0. The van der Waals surface area contributed by atoms with Crippen molar-refractivity contribution in [1.29, 1.82) is 0 Å². The largest absolute Gasteiger partial charge is 0.338 e. The van der Waals surface area contributed by atoms with E-state index < -0.39 is 0 Å². The normalized spacial score (nSPS) is 11.1. The van der Waals surface area contributed by atoms with E-state index in [1.807, 2.05) is 24.3 Å². The van der Waals surface area contributed by atoms with E-state index >= 15 is 0 Å². The van der Waals surface area contributed by atoms with Crippen molar-refractivity contribution >= 4 is 11.6 Å². The fraction of sp³-hybridized carbons (Fsp3) is 0.385. The molecule has 96 valence electrons. The number of aromatic nitrogens is 2. The van der Waals surface area contributed by atoms with Gasteiger partial charge in [0.1, 0.15) is 0 Å². The first kappa shape index (κ1) is 13.1. The predicted octanol–water partition coefficient (Wildman–Crippen LogP) is 3.23. The van der Waals surface area contributed by atoms with Crippen LogP contribution in [0.2, 0.25) is 5.02 Å². The number of halogens is 1. The van der Waals surface area contributed by atoms with E-state index in [1.165, 1.54) is 0 Å². The van der Waals surface area contributed by atoms with Crippen LogP contribution >= 0.6 is 11.6 Å². The van der Waals surface area contributed by atoms with Crippen molar-refractivity contribution in [3.63, 3.8) is 0 Å². The summed E-state index contributed by atoms with van der Waals surface area (Å²) >= 11 is 5.84. The van der Waals surface area contributed by atoms with Crippen LogP contribution in [0.15, 0.2) is 28.8 Å². The molecule has 0 aliphatic rings. The van der Waals surface area contributed by atoms with Crippen LogP contribution in [-0.2, 0) is 6.54 Å². The summed E-state index contributed by atoms with van der Waals surface area (Å²) in [5.41, 5.74) is 0.911. The molecule has 0 aliphatic carbocycles. The van der Waals surface area contributed by atoms with E-state index in [2.05, 4.69) is 28.9 Å². The molecule has 1 heterocycles. The molecule has 0 fully saturated rings. The smallest absolute Gasteiger partial charge is 0.241 e. The van der Waals surface area contributed by atoms with Crippen LogP contribution < -0.4 is 0 Å². The van der Waals surface area contributed by atoms with Crippen LogP contribution in [-0.4, -0.2) is 28.1 Å². The van der Waals surface area contributed by atoms with Crippen LogP contribution in [0.3, 0.4) is 0 Å². The van der Waals surface area contributed by atoms with Crippen LogP contribution in [0.4, 0.5) is 0 Å². The SMILES string of the molecule is CCN(CC)Cc1nc(-c2ccc(Cl)cc2)no1. The van der Waals surface area contributed by atoms with E-state index in [9.17, 15) is 0 Å². The Balaban J connectivity index is 2.12. The van der Waals surface area contributed by atoms with E-state index in [-0.39, 0.29) is 0 Å². The summed E-state index contributed by atoms with van der Waals surface area (Å²) in [5.74, 6) is 1.25. The maximum atomic E-state index is 5.84. The van der Waals surface area contributed by atoms with Crippen molar-refractivity contribution < 1.29 is 4.52 Å². The molecule has 0 atom stereocenters. The third kappa shape index (κ3) is 3.09. The number of nitrogens with zero attached hydrogens (tertiary/aromatic N) is 3. The highest BCUT2D eigenvalue weighted by Gasteiger charge is 2.10. The van der Waals surface area contributed by atoms with Crippen LogP contribution in [0.1, 0.15) is 19.7 Å². The summed E-state index contributed by atoms with van der Waals surface area (Å²) in [7, 11) is 0. The number of rotatable bonds is 5. The quantitative estimate of drug-likeness (QED) is 0.832. The molecule has 0 saturated heterocycles. The highest BCUT2D eigenvalue weighted by atomic mass is 35.5. The first-order chi connectivity index (χ1) is 8.72. The standard InChI is InChI=1S/C13H16ClN3O/c1-3-17(4-2)9-12-15-13(16-18-12)10-5-7-11(14)8-6-10/h5-8H,3-4,9H2,1-2H3. The van der Waals surface area contributed by atoms with Gasteiger partial charge in [-0.3, -0.25) is 4.90 Å². The molecule has 4 nitrogen and oxygen atoms in total. The minimum Gasteiger partial charge on any atom is -0.338 e. The van der Waals surface area contributed by atoms with Crippen molar-refractivity contribution in [2.24, 2.45) is 0 Å². The molecule has 0 bridgehead atoms. The number of benzene rings is 1. The Morgan fingerprint density at radius 2 is 1.83 bits per heavy atom. The van der Waals surface area contributed by atoms with Gasteiger partial charge in [0.15, 0.2) is 0 Å². The van der Waals surface area contributed by atoms with Crippen LogP contribution in [0, 0.1) is 0 Å². The average Bonchev–Trinajstić information content (AvgIpc) is 2.85. The lowest BCUT2D eigenvalue weighted by Gasteiger charge is -2.14. The molecule has 5 heteroatoms. The Kier molecular flexibility index (Phi) is 4.33. The monoisotopic (exact) mass is 265 g/mol. The minimum absolute atomic E-state index is 0.605. The Hall–Kier alpha value is -1.39.